The van der Waals surface area contributed by atoms with Crippen molar-refractivity contribution >= 4 is 23.1 Å². The number of nitrogens with zero attached hydrogens (tertiary/aromatic N) is 2. The summed E-state index contributed by atoms with van der Waals surface area (Å²) in [5.74, 6) is 1.47. The highest BCUT2D eigenvalue weighted by Crippen LogP contribution is 2.28. The Labute approximate surface area is 171 Å². The number of para-hydroxylation sites is 2. The lowest BCUT2D eigenvalue weighted by Gasteiger charge is -2.15. The third-order valence-corrected chi connectivity index (χ3v) is 4.35. The van der Waals surface area contributed by atoms with Gasteiger partial charge in [0.25, 0.3) is 5.91 Å². The van der Waals surface area contributed by atoms with Crippen LogP contribution in [-0.2, 0) is 0 Å². The van der Waals surface area contributed by atoms with Gasteiger partial charge in [-0.05, 0) is 70.0 Å². The minimum Gasteiger partial charge on any atom is -0.489 e. The summed E-state index contributed by atoms with van der Waals surface area (Å²) in [4.78, 5) is 21.4. The first-order valence-electron chi connectivity index (χ1n) is 9.59. The van der Waals surface area contributed by atoms with E-state index < -0.39 is 0 Å². The van der Waals surface area contributed by atoms with Crippen molar-refractivity contribution in [3.63, 3.8) is 0 Å². The second-order valence-corrected chi connectivity index (χ2v) is 7.23. The lowest BCUT2D eigenvalue weighted by Crippen LogP contribution is -2.15. The number of rotatable bonds is 6. The zero-order chi connectivity index (χ0) is 21.0. The molecule has 0 bridgehead atoms. The van der Waals surface area contributed by atoms with E-state index in [1.807, 2.05) is 70.2 Å². The van der Waals surface area contributed by atoms with Crippen molar-refractivity contribution in [2.75, 3.05) is 10.6 Å². The molecule has 29 heavy (non-hydrogen) atoms. The molecule has 0 spiro atoms. The number of hydrogen-bond donors (Lipinski definition) is 2. The summed E-state index contributed by atoms with van der Waals surface area (Å²) in [6, 6.07) is 15.1. The quantitative estimate of drug-likeness (QED) is 0.606. The molecular formula is C23H26N4O2. The Morgan fingerprint density at radius 2 is 1.72 bits per heavy atom. The van der Waals surface area contributed by atoms with Gasteiger partial charge in [-0.25, -0.2) is 9.97 Å². The van der Waals surface area contributed by atoms with Crippen molar-refractivity contribution in [3.05, 3.63) is 71.2 Å². The molecule has 1 heterocycles. The molecule has 0 radical (unpaired) electrons. The molecule has 0 aliphatic rings. The Balaban J connectivity index is 1.83. The Bertz CT molecular complexity index is 1030. The molecular weight excluding hydrogens is 364 g/mol. The molecule has 6 nitrogen and oxygen atoms in total. The topological polar surface area (TPSA) is 76.1 Å². The highest BCUT2D eigenvalue weighted by molar-refractivity contribution is 6.03. The highest BCUT2D eigenvalue weighted by atomic mass is 16.5. The van der Waals surface area contributed by atoms with Crippen molar-refractivity contribution in [3.8, 4) is 5.75 Å². The van der Waals surface area contributed by atoms with Crippen molar-refractivity contribution in [2.45, 2.75) is 40.7 Å². The summed E-state index contributed by atoms with van der Waals surface area (Å²) < 4.78 is 5.84. The van der Waals surface area contributed by atoms with Crippen molar-refractivity contribution in [1.82, 2.24) is 9.97 Å². The van der Waals surface area contributed by atoms with Gasteiger partial charge < -0.3 is 15.4 Å². The van der Waals surface area contributed by atoms with Crippen molar-refractivity contribution in [1.29, 1.82) is 0 Å². The maximum Gasteiger partial charge on any atom is 0.274 e. The normalized spacial score (nSPS) is 10.7. The number of anilines is 3. The van der Waals surface area contributed by atoms with Gasteiger partial charge >= 0.3 is 0 Å². The number of aromatic nitrogens is 2. The van der Waals surface area contributed by atoms with Crippen molar-refractivity contribution < 1.29 is 9.53 Å². The molecule has 3 aromatic rings. The van der Waals surface area contributed by atoms with E-state index in [0.29, 0.717) is 17.3 Å². The summed E-state index contributed by atoms with van der Waals surface area (Å²) in [5.41, 5.74) is 4.10. The van der Waals surface area contributed by atoms with Gasteiger partial charge in [0.15, 0.2) is 0 Å². The second-order valence-electron chi connectivity index (χ2n) is 7.23. The van der Waals surface area contributed by atoms with Crippen LogP contribution in [0.3, 0.4) is 0 Å². The standard InChI is InChI=1S/C23H26N4O2/c1-14(2)29-21-9-7-6-8-19(21)27-22-13-20(24-17(5)25-22)23(28)26-18-11-10-15(3)16(4)12-18/h6-14H,1-5H3,(H,26,28)(H,24,25,27). The van der Waals surface area contributed by atoms with Crippen LogP contribution in [0, 0.1) is 20.8 Å². The summed E-state index contributed by atoms with van der Waals surface area (Å²) in [5, 5.41) is 6.14. The fraction of sp³-hybridized carbons (Fsp3) is 0.261. The number of aryl methyl sites for hydroxylation is 3. The van der Waals surface area contributed by atoms with Gasteiger partial charge in [0.1, 0.15) is 23.1 Å². The maximum atomic E-state index is 12.7. The monoisotopic (exact) mass is 390 g/mol. The number of amides is 1. The molecule has 1 aromatic heterocycles. The Hall–Kier alpha value is -3.41. The zero-order valence-electron chi connectivity index (χ0n) is 17.4. The number of hydrogen-bond acceptors (Lipinski definition) is 5. The SMILES string of the molecule is Cc1nc(Nc2ccccc2OC(C)C)cc(C(=O)Nc2ccc(C)c(C)c2)n1. The van der Waals surface area contributed by atoms with E-state index in [1.54, 1.807) is 13.0 Å². The molecule has 150 valence electrons. The Kier molecular flexibility index (Phi) is 6.12. The van der Waals surface area contributed by atoms with Gasteiger partial charge in [0.2, 0.25) is 0 Å². The van der Waals surface area contributed by atoms with E-state index in [-0.39, 0.29) is 12.0 Å². The number of carbonyl (C=O) groups excluding carboxylic acids is 1. The van der Waals surface area contributed by atoms with Gasteiger partial charge in [0.05, 0.1) is 11.8 Å². The number of carbonyl (C=O) groups is 1. The highest BCUT2D eigenvalue weighted by Gasteiger charge is 2.13. The largest absolute Gasteiger partial charge is 0.489 e. The summed E-state index contributed by atoms with van der Waals surface area (Å²) >= 11 is 0. The lowest BCUT2D eigenvalue weighted by atomic mass is 10.1. The van der Waals surface area contributed by atoms with Gasteiger partial charge in [-0.3, -0.25) is 4.79 Å². The van der Waals surface area contributed by atoms with E-state index in [1.165, 1.54) is 5.56 Å². The first kappa shape index (κ1) is 20.3. The predicted molar refractivity (Wildman–Crippen MR) is 116 cm³/mol. The molecule has 0 aliphatic carbocycles. The number of benzene rings is 2. The average molecular weight is 390 g/mol. The van der Waals surface area contributed by atoms with Gasteiger partial charge in [-0.15, -0.1) is 0 Å². The molecule has 0 unspecified atom stereocenters. The van der Waals surface area contributed by atoms with Crippen LogP contribution in [0.15, 0.2) is 48.5 Å². The third kappa shape index (κ3) is 5.31. The predicted octanol–water partition coefficient (Wildman–Crippen LogP) is 5.18. The van der Waals surface area contributed by atoms with Crippen LogP contribution in [0.1, 0.15) is 41.3 Å². The molecule has 3 rings (SSSR count). The molecule has 2 aromatic carbocycles. The fourth-order valence-electron chi connectivity index (χ4n) is 2.83. The van der Waals surface area contributed by atoms with Crippen LogP contribution in [0.4, 0.5) is 17.2 Å². The minimum atomic E-state index is -0.284. The Morgan fingerprint density at radius 1 is 0.966 bits per heavy atom. The summed E-state index contributed by atoms with van der Waals surface area (Å²) in [6.45, 7) is 9.75. The second kappa shape index (κ2) is 8.73. The van der Waals surface area contributed by atoms with E-state index in [9.17, 15) is 4.79 Å². The van der Waals surface area contributed by atoms with Crippen LogP contribution >= 0.6 is 0 Å². The fourth-order valence-corrected chi connectivity index (χ4v) is 2.83. The smallest absolute Gasteiger partial charge is 0.274 e. The van der Waals surface area contributed by atoms with Crippen LogP contribution in [0.25, 0.3) is 0 Å². The number of ether oxygens (including phenoxy) is 1. The molecule has 2 N–H and O–H groups in total. The van der Waals surface area contributed by atoms with E-state index >= 15 is 0 Å². The Morgan fingerprint density at radius 3 is 2.45 bits per heavy atom. The summed E-state index contributed by atoms with van der Waals surface area (Å²) in [6.07, 6.45) is 0.0457. The van der Waals surface area contributed by atoms with Crippen molar-refractivity contribution in [2.24, 2.45) is 0 Å². The van der Waals surface area contributed by atoms with E-state index in [2.05, 4.69) is 20.6 Å². The van der Waals surface area contributed by atoms with Gasteiger partial charge in [-0.2, -0.15) is 0 Å². The number of nitrogens with one attached hydrogen (secondary N) is 2. The van der Waals surface area contributed by atoms with Crippen LogP contribution in [0.2, 0.25) is 0 Å². The van der Waals surface area contributed by atoms with E-state index in [4.69, 9.17) is 4.74 Å². The first-order chi connectivity index (χ1) is 13.8. The van der Waals surface area contributed by atoms with Crippen LogP contribution in [0.5, 0.6) is 5.75 Å². The average Bonchev–Trinajstić information content (AvgIpc) is 2.65. The third-order valence-electron chi connectivity index (χ3n) is 4.35. The van der Waals surface area contributed by atoms with Crippen LogP contribution < -0.4 is 15.4 Å². The molecule has 0 saturated carbocycles. The zero-order valence-corrected chi connectivity index (χ0v) is 17.4. The maximum absolute atomic E-state index is 12.7. The van der Waals surface area contributed by atoms with Gasteiger partial charge in [0, 0.05) is 11.8 Å². The molecule has 6 heteroatoms. The molecule has 0 aliphatic heterocycles. The lowest BCUT2D eigenvalue weighted by molar-refractivity contribution is 0.102. The van der Waals surface area contributed by atoms with E-state index in [0.717, 1.165) is 22.7 Å². The molecule has 1 amide bonds. The van der Waals surface area contributed by atoms with Crippen LogP contribution in [-0.4, -0.2) is 22.0 Å². The van der Waals surface area contributed by atoms with Gasteiger partial charge in [-0.1, -0.05) is 18.2 Å². The molecule has 0 atom stereocenters. The minimum absolute atomic E-state index is 0.0457. The summed E-state index contributed by atoms with van der Waals surface area (Å²) in [7, 11) is 0. The first-order valence-corrected chi connectivity index (χ1v) is 9.59. The molecule has 0 fully saturated rings. The molecule has 0 saturated heterocycles.